The van der Waals surface area contributed by atoms with E-state index in [9.17, 15) is 13.6 Å². The van der Waals surface area contributed by atoms with Gasteiger partial charge >= 0.3 is 0 Å². The quantitative estimate of drug-likeness (QED) is 0.754. The van der Waals surface area contributed by atoms with E-state index in [0.29, 0.717) is 0 Å². The van der Waals surface area contributed by atoms with Gasteiger partial charge in [-0.15, -0.1) is 5.10 Å². The second-order valence-corrected chi connectivity index (χ2v) is 2.70. The van der Waals surface area contributed by atoms with Gasteiger partial charge in [-0.2, -0.15) is 0 Å². The molecule has 84 valence electrons. The summed E-state index contributed by atoms with van der Waals surface area (Å²) in [5.41, 5.74) is 3.81. The maximum atomic E-state index is 12.6. The Labute approximate surface area is 84.0 Å². The highest BCUT2D eigenvalue weighted by Gasteiger charge is 2.24. The van der Waals surface area contributed by atoms with Crippen molar-refractivity contribution in [2.75, 3.05) is 13.7 Å². The maximum absolute atomic E-state index is 12.6. The summed E-state index contributed by atoms with van der Waals surface area (Å²) in [6, 6.07) is 0. The molecule has 0 atom stereocenters. The molecule has 15 heavy (non-hydrogen) atoms. The number of hydrogen-bond donors (Lipinski definition) is 1. The number of alkyl halides is 2. The molecule has 1 rings (SSSR count). The molecular weight excluding hydrogens is 210 g/mol. The van der Waals surface area contributed by atoms with Crippen molar-refractivity contribution in [3.05, 3.63) is 11.4 Å². The molecule has 0 saturated carbocycles. The zero-order valence-corrected chi connectivity index (χ0v) is 7.98. The van der Waals surface area contributed by atoms with Crippen molar-refractivity contribution < 1.29 is 18.3 Å². The van der Waals surface area contributed by atoms with E-state index in [-0.39, 0.29) is 13.2 Å². The first-order valence-corrected chi connectivity index (χ1v) is 4.08. The lowest BCUT2D eigenvalue weighted by Crippen LogP contribution is -2.16. The lowest BCUT2D eigenvalue weighted by Gasteiger charge is -2.04. The number of nitrogens with two attached hydrogens (primary N) is 1. The highest BCUT2D eigenvalue weighted by Crippen LogP contribution is 2.20. The summed E-state index contributed by atoms with van der Waals surface area (Å²) in [5.74, 6) is -1.02. The molecule has 0 spiro atoms. The fourth-order valence-electron chi connectivity index (χ4n) is 1.05. The molecule has 0 aliphatic rings. The van der Waals surface area contributed by atoms with E-state index in [1.54, 1.807) is 0 Å². The predicted octanol–water partition coefficient (Wildman–Crippen LogP) is -0.0390. The van der Waals surface area contributed by atoms with Crippen LogP contribution in [0.15, 0.2) is 0 Å². The van der Waals surface area contributed by atoms with Gasteiger partial charge in [0, 0.05) is 7.11 Å². The minimum absolute atomic E-state index is 0.0937. The Morgan fingerprint density at radius 1 is 1.67 bits per heavy atom. The van der Waals surface area contributed by atoms with E-state index in [1.165, 1.54) is 7.11 Å². The van der Waals surface area contributed by atoms with Crippen molar-refractivity contribution in [1.82, 2.24) is 15.0 Å². The molecule has 0 aromatic carbocycles. The standard InChI is InChI=1S/C7H10F2N4O2/c1-15-3-2-13-5(6(8)9)4(7(10)14)11-12-13/h6H,2-3H2,1H3,(H2,10,14). The zero-order valence-electron chi connectivity index (χ0n) is 7.98. The highest BCUT2D eigenvalue weighted by molar-refractivity contribution is 5.91. The number of amides is 1. The van der Waals surface area contributed by atoms with Crippen LogP contribution in [0.25, 0.3) is 0 Å². The number of primary amides is 1. The van der Waals surface area contributed by atoms with Crippen molar-refractivity contribution in [2.45, 2.75) is 13.0 Å². The Morgan fingerprint density at radius 2 is 2.33 bits per heavy atom. The molecule has 0 saturated heterocycles. The molecule has 0 unspecified atom stereocenters. The molecule has 1 aromatic heterocycles. The molecule has 0 radical (unpaired) electrons. The molecular formula is C7H10F2N4O2. The molecule has 6 nitrogen and oxygen atoms in total. The van der Waals surface area contributed by atoms with Crippen molar-refractivity contribution in [2.24, 2.45) is 5.73 Å². The number of aromatic nitrogens is 3. The van der Waals surface area contributed by atoms with Crippen LogP contribution in [-0.2, 0) is 11.3 Å². The fourth-order valence-corrected chi connectivity index (χ4v) is 1.05. The normalized spacial score (nSPS) is 10.9. The van der Waals surface area contributed by atoms with Crippen LogP contribution in [0.4, 0.5) is 8.78 Å². The first kappa shape index (κ1) is 11.5. The van der Waals surface area contributed by atoms with Crippen LogP contribution < -0.4 is 5.73 Å². The number of carbonyl (C=O) groups excluding carboxylic acids is 1. The van der Waals surface area contributed by atoms with Crippen LogP contribution in [0, 0.1) is 0 Å². The molecule has 0 aliphatic heterocycles. The summed E-state index contributed by atoms with van der Waals surface area (Å²) in [6.07, 6.45) is -2.85. The van der Waals surface area contributed by atoms with Gasteiger partial charge in [0.25, 0.3) is 12.3 Å². The van der Waals surface area contributed by atoms with E-state index in [2.05, 4.69) is 10.3 Å². The lowest BCUT2D eigenvalue weighted by atomic mass is 10.3. The van der Waals surface area contributed by atoms with E-state index in [4.69, 9.17) is 10.5 Å². The summed E-state index contributed by atoms with van der Waals surface area (Å²) in [7, 11) is 1.42. The third kappa shape index (κ3) is 2.46. The number of nitrogens with zero attached hydrogens (tertiary/aromatic N) is 3. The topological polar surface area (TPSA) is 83.0 Å². The fraction of sp³-hybridized carbons (Fsp3) is 0.571. The van der Waals surface area contributed by atoms with E-state index in [0.717, 1.165) is 4.68 Å². The maximum Gasteiger partial charge on any atom is 0.282 e. The predicted molar refractivity (Wildman–Crippen MR) is 45.4 cm³/mol. The minimum atomic E-state index is -2.85. The van der Waals surface area contributed by atoms with Crippen molar-refractivity contribution in [3.63, 3.8) is 0 Å². The molecule has 2 N–H and O–H groups in total. The van der Waals surface area contributed by atoms with Gasteiger partial charge in [0.05, 0.1) is 13.2 Å². The third-order valence-corrected chi connectivity index (χ3v) is 1.72. The SMILES string of the molecule is COCCn1nnc(C(N)=O)c1C(F)F. The van der Waals surface area contributed by atoms with E-state index in [1.807, 2.05) is 0 Å². The van der Waals surface area contributed by atoms with Gasteiger partial charge in [0.1, 0.15) is 5.69 Å². The van der Waals surface area contributed by atoms with Gasteiger partial charge in [-0.1, -0.05) is 5.21 Å². The molecule has 1 heterocycles. The van der Waals surface area contributed by atoms with Gasteiger partial charge in [-0.3, -0.25) is 4.79 Å². The Kier molecular flexibility index (Phi) is 3.67. The number of methoxy groups -OCH3 is 1. The number of rotatable bonds is 5. The summed E-state index contributed by atoms with van der Waals surface area (Å²) in [4.78, 5) is 10.8. The van der Waals surface area contributed by atoms with Crippen molar-refractivity contribution in [1.29, 1.82) is 0 Å². The van der Waals surface area contributed by atoms with Gasteiger partial charge in [0.15, 0.2) is 5.69 Å². The monoisotopic (exact) mass is 220 g/mol. The molecule has 1 amide bonds. The molecule has 1 aromatic rings. The van der Waals surface area contributed by atoms with Gasteiger partial charge < -0.3 is 10.5 Å². The second kappa shape index (κ2) is 4.78. The van der Waals surface area contributed by atoms with Crippen LogP contribution >= 0.6 is 0 Å². The summed E-state index contributed by atoms with van der Waals surface area (Å²) >= 11 is 0. The van der Waals surface area contributed by atoms with Crippen LogP contribution in [0.2, 0.25) is 0 Å². The average Bonchev–Trinajstić information content (AvgIpc) is 2.58. The van der Waals surface area contributed by atoms with Gasteiger partial charge in [-0.25, -0.2) is 13.5 Å². The van der Waals surface area contributed by atoms with Crippen LogP contribution in [-0.4, -0.2) is 34.6 Å². The van der Waals surface area contributed by atoms with Crippen molar-refractivity contribution in [3.8, 4) is 0 Å². The van der Waals surface area contributed by atoms with E-state index >= 15 is 0 Å². The van der Waals surface area contributed by atoms with Gasteiger partial charge in [0.2, 0.25) is 0 Å². The number of ether oxygens (including phenoxy) is 1. The lowest BCUT2D eigenvalue weighted by molar-refractivity contribution is 0.0974. The van der Waals surface area contributed by atoms with Crippen molar-refractivity contribution >= 4 is 5.91 Å². The smallest absolute Gasteiger partial charge is 0.282 e. The number of hydrogen-bond acceptors (Lipinski definition) is 4. The summed E-state index contributed by atoms with van der Waals surface area (Å²) in [6.45, 7) is 0.289. The van der Waals surface area contributed by atoms with Crippen LogP contribution in [0.5, 0.6) is 0 Å². The minimum Gasteiger partial charge on any atom is -0.383 e. The van der Waals surface area contributed by atoms with Crippen LogP contribution in [0.1, 0.15) is 22.6 Å². The number of halogens is 2. The zero-order chi connectivity index (χ0) is 11.4. The Bertz CT molecular complexity index is 353. The first-order chi connectivity index (χ1) is 7.07. The molecule has 0 fully saturated rings. The molecule has 0 bridgehead atoms. The van der Waals surface area contributed by atoms with Crippen LogP contribution in [0.3, 0.4) is 0 Å². The van der Waals surface area contributed by atoms with Gasteiger partial charge in [-0.05, 0) is 0 Å². The largest absolute Gasteiger partial charge is 0.383 e. The third-order valence-electron chi connectivity index (χ3n) is 1.72. The second-order valence-electron chi connectivity index (χ2n) is 2.70. The Balaban J connectivity index is 3.01. The van der Waals surface area contributed by atoms with E-state index < -0.39 is 23.7 Å². The Hall–Kier alpha value is -1.57. The number of carbonyl (C=O) groups is 1. The average molecular weight is 220 g/mol. The molecule has 8 heteroatoms. The molecule has 0 aliphatic carbocycles. The highest BCUT2D eigenvalue weighted by atomic mass is 19.3. The summed E-state index contributed by atoms with van der Waals surface area (Å²) in [5, 5.41) is 6.69. The Morgan fingerprint density at radius 3 is 2.80 bits per heavy atom. The summed E-state index contributed by atoms with van der Waals surface area (Å²) < 4.78 is 30.7. The first-order valence-electron chi connectivity index (χ1n) is 4.08.